The zero-order chi connectivity index (χ0) is 14.2. The van der Waals surface area contributed by atoms with Crippen LogP contribution in [0, 0.1) is 0 Å². The molecule has 0 aliphatic rings. The Morgan fingerprint density at radius 2 is 1.90 bits per heavy atom. The number of rotatable bonds is 2. The fraction of sp³-hybridized carbons (Fsp3) is 0. The van der Waals surface area contributed by atoms with Crippen LogP contribution in [0.3, 0.4) is 0 Å². The van der Waals surface area contributed by atoms with E-state index in [1.807, 2.05) is 53.9 Å². The molecule has 21 heavy (non-hydrogen) atoms. The molecule has 4 aromatic rings. The van der Waals surface area contributed by atoms with E-state index in [4.69, 9.17) is 0 Å². The number of hydrogen-bond donors (Lipinski definition) is 0. The Kier molecular flexibility index (Phi) is 2.90. The molecule has 1 aromatic carbocycles. The van der Waals surface area contributed by atoms with Gasteiger partial charge in [0.25, 0.3) is 5.56 Å². The summed E-state index contributed by atoms with van der Waals surface area (Å²) in [7, 11) is 0. The fourth-order valence-electron chi connectivity index (χ4n) is 2.14. The lowest BCUT2D eigenvalue weighted by Crippen LogP contribution is -2.23. The summed E-state index contributed by atoms with van der Waals surface area (Å²) >= 11 is 2.97. The van der Waals surface area contributed by atoms with Gasteiger partial charge in [0.15, 0.2) is 5.82 Å². The minimum atomic E-state index is -0.0627. The first-order chi connectivity index (χ1) is 10.3. The van der Waals surface area contributed by atoms with Crippen molar-refractivity contribution in [2.45, 2.75) is 0 Å². The van der Waals surface area contributed by atoms with Gasteiger partial charge in [-0.3, -0.25) is 4.79 Å². The first-order valence-electron chi connectivity index (χ1n) is 6.31. The number of nitrogens with zero attached hydrogens (tertiary/aromatic N) is 3. The van der Waals surface area contributed by atoms with Gasteiger partial charge < -0.3 is 0 Å². The second-order valence-electron chi connectivity index (χ2n) is 4.44. The minimum Gasteiger partial charge on any atom is -0.267 e. The van der Waals surface area contributed by atoms with Crippen LogP contribution in [0.5, 0.6) is 0 Å². The van der Waals surface area contributed by atoms with E-state index in [1.165, 1.54) is 11.3 Å². The molecule has 3 aromatic heterocycles. The van der Waals surface area contributed by atoms with E-state index in [-0.39, 0.29) is 5.56 Å². The first kappa shape index (κ1) is 12.4. The quantitative estimate of drug-likeness (QED) is 0.571. The number of hydrogen-bond acceptors (Lipinski definition) is 5. The molecule has 0 unspecified atom stereocenters. The van der Waals surface area contributed by atoms with Gasteiger partial charge in [0, 0.05) is 10.4 Å². The second-order valence-corrected chi connectivity index (χ2v) is 6.43. The molecule has 0 amide bonds. The topological polar surface area (TPSA) is 47.3 Å². The SMILES string of the molecule is O=c1/c(=C\c2cccs2)sc2nnc(-c3ccccc3)n12. The summed E-state index contributed by atoms with van der Waals surface area (Å²) in [6.07, 6.45) is 1.90. The van der Waals surface area contributed by atoms with Crippen molar-refractivity contribution in [1.82, 2.24) is 14.6 Å². The summed E-state index contributed by atoms with van der Waals surface area (Å²) < 4.78 is 2.26. The maximum absolute atomic E-state index is 12.6. The Labute approximate surface area is 127 Å². The van der Waals surface area contributed by atoms with Crippen LogP contribution in [0.15, 0.2) is 52.6 Å². The zero-order valence-electron chi connectivity index (χ0n) is 10.8. The molecule has 0 aliphatic heterocycles. The summed E-state index contributed by atoms with van der Waals surface area (Å²) in [5.41, 5.74) is 0.829. The van der Waals surface area contributed by atoms with Gasteiger partial charge >= 0.3 is 0 Å². The summed E-state index contributed by atoms with van der Waals surface area (Å²) in [5, 5.41) is 10.2. The molecule has 0 saturated carbocycles. The predicted molar refractivity (Wildman–Crippen MR) is 85.7 cm³/mol. The van der Waals surface area contributed by atoms with Gasteiger partial charge in [0.1, 0.15) is 0 Å². The van der Waals surface area contributed by atoms with Gasteiger partial charge in [-0.2, -0.15) is 0 Å². The normalized spacial score (nSPS) is 12.3. The van der Waals surface area contributed by atoms with Crippen molar-refractivity contribution in [1.29, 1.82) is 0 Å². The van der Waals surface area contributed by atoms with Gasteiger partial charge in [-0.25, -0.2) is 4.40 Å². The van der Waals surface area contributed by atoms with Crippen LogP contribution in [-0.2, 0) is 0 Å². The highest BCUT2D eigenvalue weighted by molar-refractivity contribution is 7.15. The van der Waals surface area contributed by atoms with Crippen molar-refractivity contribution in [2.75, 3.05) is 0 Å². The molecular formula is C15H9N3OS2. The molecule has 3 heterocycles. The lowest BCUT2D eigenvalue weighted by molar-refractivity contribution is 1.09. The summed E-state index contributed by atoms with van der Waals surface area (Å²) in [6.45, 7) is 0. The van der Waals surface area contributed by atoms with E-state index < -0.39 is 0 Å². The number of fused-ring (bicyclic) bond motifs is 1. The van der Waals surface area contributed by atoms with Crippen LogP contribution < -0.4 is 10.1 Å². The summed E-state index contributed by atoms with van der Waals surface area (Å²) in [6, 6.07) is 13.6. The van der Waals surface area contributed by atoms with Crippen molar-refractivity contribution >= 4 is 33.7 Å². The van der Waals surface area contributed by atoms with Gasteiger partial charge in [-0.1, -0.05) is 47.7 Å². The van der Waals surface area contributed by atoms with E-state index >= 15 is 0 Å². The van der Waals surface area contributed by atoms with E-state index in [0.717, 1.165) is 10.4 Å². The Morgan fingerprint density at radius 3 is 2.67 bits per heavy atom. The molecule has 102 valence electrons. The van der Waals surface area contributed by atoms with Crippen LogP contribution >= 0.6 is 22.7 Å². The highest BCUT2D eigenvalue weighted by atomic mass is 32.1. The molecule has 4 rings (SSSR count). The first-order valence-corrected chi connectivity index (χ1v) is 8.01. The number of benzene rings is 1. The van der Waals surface area contributed by atoms with Crippen LogP contribution in [0.25, 0.3) is 22.4 Å². The molecule has 0 bridgehead atoms. The van der Waals surface area contributed by atoms with E-state index in [2.05, 4.69) is 10.2 Å². The van der Waals surface area contributed by atoms with Crippen molar-refractivity contribution < 1.29 is 0 Å². The smallest absolute Gasteiger partial charge is 0.267 e. The molecular weight excluding hydrogens is 302 g/mol. The van der Waals surface area contributed by atoms with Crippen LogP contribution in [0.1, 0.15) is 4.88 Å². The molecule has 4 nitrogen and oxygen atoms in total. The predicted octanol–water partition coefficient (Wildman–Crippen LogP) is 2.43. The highest BCUT2D eigenvalue weighted by Crippen LogP contribution is 2.17. The van der Waals surface area contributed by atoms with E-state index in [9.17, 15) is 4.79 Å². The molecule has 0 N–H and O–H groups in total. The molecule has 0 saturated heterocycles. The van der Waals surface area contributed by atoms with Crippen molar-refractivity contribution in [3.8, 4) is 11.4 Å². The fourth-order valence-corrected chi connectivity index (χ4v) is 3.77. The lowest BCUT2D eigenvalue weighted by Gasteiger charge is -1.94. The minimum absolute atomic E-state index is 0.0627. The second kappa shape index (κ2) is 4.91. The van der Waals surface area contributed by atoms with Gasteiger partial charge in [0.05, 0.1) is 4.53 Å². The van der Waals surface area contributed by atoms with Crippen LogP contribution in [0.2, 0.25) is 0 Å². The number of aromatic nitrogens is 3. The summed E-state index contributed by atoms with van der Waals surface area (Å²) in [4.78, 5) is 14.3. The van der Waals surface area contributed by atoms with Crippen LogP contribution in [0.4, 0.5) is 0 Å². The molecule has 0 radical (unpaired) electrons. The van der Waals surface area contributed by atoms with Crippen molar-refractivity contribution in [3.63, 3.8) is 0 Å². The van der Waals surface area contributed by atoms with Crippen molar-refractivity contribution in [2.24, 2.45) is 0 Å². The molecule has 0 fully saturated rings. The number of thiazole rings is 1. The van der Waals surface area contributed by atoms with E-state index in [0.29, 0.717) is 15.3 Å². The third kappa shape index (κ3) is 2.09. The standard InChI is InChI=1S/C15H9N3OS2/c19-14-12(9-11-7-4-8-20-11)21-15-17-16-13(18(14)15)10-5-2-1-3-6-10/h1-9H/b12-9+. The Bertz CT molecular complexity index is 1000. The Morgan fingerprint density at radius 1 is 1.05 bits per heavy atom. The Hall–Kier alpha value is -2.31. The summed E-state index contributed by atoms with van der Waals surface area (Å²) in [5.74, 6) is 0.595. The third-order valence-electron chi connectivity index (χ3n) is 3.10. The largest absolute Gasteiger partial charge is 0.276 e. The molecule has 6 heteroatoms. The van der Waals surface area contributed by atoms with Gasteiger partial charge in [-0.05, 0) is 17.5 Å². The zero-order valence-corrected chi connectivity index (χ0v) is 12.4. The number of thiophene rings is 1. The molecule has 0 atom stereocenters. The Balaban J connectivity index is 1.98. The monoisotopic (exact) mass is 311 g/mol. The van der Waals surface area contributed by atoms with Gasteiger partial charge in [-0.15, -0.1) is 21.5 Å². The average molecular weight is 311 g/mol. The lowest BCUT2D eigenvalue weighted by atomic mass is 10.2. The average Bonchev–Trinajstić information content (AvgIpc) is 3.21. The maximum atomic E-state index is 12.6. The highest BCUT2D eigenvalue weighted by Gasteiger charge is 2.13. The molecule has 0 spiro atoms. The van der Waals surface area contributed by atoms with Crippen molar-refractivity contribution in [3.05, 3.63) is 67.6 Å². The van der Waals surface area contributed by atoms with E-state index in [1.54, 1.807) is 15.7 Å². The van der Waals surface area contributed by atoms with Crippen LogP contribution in [-0.4, -0.2) is 14.6 Å². The molecule has 0 aliphatic carbocycles. The third-order valence-corrected chi connectivity index (χ3v) is 4.88. The maximum Gasteiger partial charge on any atom is 0.276 e. The van der Waals surface area contributed by atoms with Gasteiger partial charge in [0.2, 0.25) is 4.96 Å².